The van der Waals surface area contributed by atoms with Gasteiger partial charge in [-0.2, -0.15) is 0 Å². The third-order valence-corrected chi connectivity index (χ3v) is 5.52. The van der Waals surface area contributed by atoms with E-state index in [9.17, 15) is 4.79 Å². The molecule has 5 unspecified atom stereocenters. The van der Waals surface area contributed by atoms with Crippen molar-refractivity contribution >= 4 is 6.09 Å². The number of ether oxygens (including phenoxy) is 1. The van der Waals surface area contributed by atoms with E-state index in [1.54, 1.807) is 0 Å². The maximum Gasteiger partial charge on any atom is 0.407 e. The lowest BCUT2D eigenvalue weighted by molar-refractivity contribution is 0.00424. The minimum Gasteiger partial charge on any atom is -0.446 e. The zero-order valence-electron chi connectivity index (χ0n) is 14.0. The number of rotatable bonds is 3. The van der Waals surface area contributed by atoms with E-state index in [2.05, 4.69) is 26.1 Å². The van der Waals surface area contributed by atoms with E-state index >= 15 is 0 Å². The highest BCUT2D eigenvalue weighted by atomic mass is 16.6. The lowest BCUT2D eigenvalue weighted by atomic mass is 9.75. The molecule has 0 aromatic rings. The molecular weight excluding hydrogens is 264 g/mol. The Morgan fingerprint density at radius 3 is 2.62 bits per heavy atom. The van der Waals surface area contributed by atoms with Crippen molar-refractivity contribution in [2.75, 3.05) is 0 Å². The van der Waals surface area contributed by atoms with Crippen LogP contribution in [0, 0.1) is 17.8 Å². The predicted octanol–water partition coefficient (Wildman–Crippen LogP) is 3.44. The average Bonchev–Trinajstić information content (AvgIpc) is 2.68. The lowest BCUT2D eigenvalue weighted by Crippen LogP contribution is -2.53. The molecule has 122 valence electrons. The molecule has 2 aliphatic rings. The summed E-state index contributed by atoms with van der Waals surface area (Å²) in [5.41, 5.74) is 5.94. The third kappa shape index (κ3) is 4.12. The first-order valence-corrected chi connectivity index (χ1v) is 8.55. The Morgan fingerprint density at radius 2 is 2.05 bits per heavy atom. The van der Waals surface area contributed by atoms with Gasteiger partial charge in [0, 0.05) is 11.6 Å². The van der Waals surface area contributed by atoms with Gasteiger partial charge in [-0.1, -0.05) is 27.2 Å². The minimum absolute atomic E-state index is 0.0449. The molecule has 0 saturated heterocycles. The Balaban J connectivity index is 1.91. The normalized spacial score (nSPS) is 40.3. The van der Waals surface area contributed by atoms with Crippen molar-refractivity contribution in [3.8, 4) is 0 Å². The van der Waals surface area contributed by atoms with E-state index < -0.39 is 0 Å². The van der Waals surface area contributed by atoms with Gasteiger partial charge < -0.3 is 15.8 Å². The van der Waals surface area contributed by atoms with E-state index in [1.807, 2.05) is 6.92 Å². The summed E-state index contributed by atoms with van der Waals surface area (Å²) in [7, 11) is 0. The van der Waals surface area contributed by atoms with Crippen molar-refractivity contribution in [1.82, 2.24) is 5.32 Å². The van der Waals surface area contributed by atoms with Crippen molar-refractivity contribution in [1.29, 1.82) is 0 Å². The number of alkyl carbamates (subject to hydrolysis) is 1. The van der Waals surface area contributed by atoms with Crippen molar-refractivity contribution < 1.29 is 9.53 Å². The largest absolute Gasteiger partial charge is 0.446 e. The molecular formula is C17H32N2O2. The molecule has 0 aromatic carbocycles. The number of nitrogens with two attached hydrogens (primary N) is 1. The van der Waals surface area contributed by atoms with Crippen molar-refractivity contribution in [2.45, 2.75) is 83.9 Å². The fourth-order valence-corrected chi connectivity index (χ4v) is 3.99. The van der Waals surface area contributed by atoms with Crippen LogP contribution in [-0.4, -0.2) is 23.8 Å². The van der Waals surface area contributed by atoms with E-state index in [0.29, 0.717) is 17.8 Å². The van der Waals surface area contributed by atoms with Crippen LogP contribution < -0.4 is 11.1 Å². The van der Waals surface area contributed by atoms with Crippen molar-refractivity contribution in [2.24, 2.45) is 23.5 Å². The van der Waals surface area contributed by atoms with Crippen LogP contribution >= 0.6 is 0 Å². The predicted molar refractivity (Wildman–Crippen MR) is 85.0 cm³/mol. The second kappa shape index (κ2) is 6.55. The van der Waals surface area contributed by atoms with Crippen LogP contribution in [0.2, 0.25) is 0 Å². The maximum atomic E-state index is 12.2. The Kier molecular flexibility index (Phi) is 5.18. The van der Waals surface area contributed by atoms with Gasteiger partial charge in [0.25, 0.3) is 0 Å². The standard InChI is InChI=1S/C17H32N2O2/c1-11(2)13-8-7-12(3)10-14(13)21-16(20)19-15-6-5-9-17(15,4)18/h11-15H,5-10,18H2,1-4H3,(H,19,20). The summed E-state index contributed by atoms with van der Waals surface area (Å²) in [6.45, 7) is 8.72. The molecule has 4 heteroatoms. The van der Waals surface area contributed by atoms with Gasteiger partial charge >= 0.3 is 6.09 Å². The number of hydrogen-bond acceptors (Lipinski definition) is 3. The molecule has 0 aromatic heterocycles. The molecule has 0 bridgehead atoms. The zero-order chi connectivity index (χ0) is 15.6. The van der Waals surface area contributed by atoms with E-state index in [0.717, 1.165) is 32.1 Å². The Bertz CT molecular complexity index is 368. The highest BCUT2D eigenvalue weighted by molar-refractivity contribution is 5.68. The lowest BCUT2D eigenvalue weighted by Gasteiger charge is -2.37. The summed E-state index contributed by atoms with van der Waals surface area (Å²) in [6, 6.07) is 0.0449. The molecule has 0 spiro atoms. The molecule has 0 radical (unpaired) electrons. The first kappa shape index (κ1) is 16.6. The zero-order valence-corrected chi connectivity index (χ0v) is 14.0. The van der Waals surface area contributed by atoms with Crippen LogP contribution in [0.25, 0.3) is 0 Å². The molecule has 3 N–H and O–H groups in total. The van der Waals surface area contributed by atoms with Gasteiger partial charge in [0.2, 0.25) is 0 Å². The van der Waals surface area contributed by atoms with Crippen LogP contribution in [0.3, 0.4) is 0 Å². The third-order valence-electron chi connectivity index (χ3n) is 5.52. The molecule has 0 aliphatic heterocycles. The Labute approximate surface area is 129 Å². The van der Waals surface area contributed by atoms with E-state index in [1.165, 1.54) is 6.42 Å². The first-order valence-electron chi connectivity index (χ1n) is 8.55. The molecule has 5 atom stereocenters. The van der Waals surface area contributed by atoms with Crippen LogP contribution in [0.4, 0.5) is 4.79 Å². The number of nitrogens with one attached hydrogen (secondary N) is 1. The fourth-order valence-electron chi connectivity index (χ4n) is 3.99. The second-order valence-corrected chi connectivity index (χ2v) is 7.86. The van der Waals surface area contributed by atoms with Gasteiger partial charge in [0.1, 0.15) is 6.10 Å². The molecule has 2 saturated carbocycles. The molecule has 2 aliphatic carbocycles. The molecule has 2 fully saturated rings. The summed E-state index contributed by atoms with van der Waals surface area (Å²) < 4.78 is 5.79. The van der Waals surface area contributed by atoms with Crippen LogP contribution in [0.15, 0.2) is 0 Å². The number of hydrogen-bond donors (Lipinski definition) is 2. The van der Waals surface area contributed by atoms with Crippen molar-refractivity contribution in [3.05, 3.63) is 0 Å². The molecule has 1 amide bonds. The molecule has 0 heterocycles. The summed E-state index contributed by atoms with van der Waals surface area (Å²) >= 11 is 0. The van der Waals surface area contributed by atoms with Gasteiger partial charge in [-0.3, -0.25) is 0 Å². The summed E-state index contributed by atoms with van der Waals surface area (Å²) in [5, 5.41) is 3.00. The van der Waals surface area contributed by atoms with Gasteiger partial charge in [-0.25, -0.2) is 4.79 Å². The average molecular weight is 296 g/mol. The first-order chi connectivity index (χ1) is 9.79. The van der Waals surface area contributed by atoms with Gasteiger partial charge in [0.15, 0.2) is 0 Å². The second-order valence-electron chi connectivity index (χ2n) is 7.86. The summed E-state index contributed by atoms with van der Waals surface area (Å²) in [4.78, 5) is 12.2. The monoisotopic (exact) mass is 296 g/mol. The molecule has 21 heavy (non-hydrogen) atoms. The molecule has 2 rings (SSSR count). The quantitative estimate of drug-likeness (QED) is 0.838. The minimum atomic E-state index is -0.295. The SMILES string of the molecule is CC1CCC(C(C)C)C(OC(=O)NC2CCCC2(C)N)C1. The maximum absolute atomic E-state index is 12.2. The highest BCUT2D eigenvalue weighted by Gasteiger charge is 2.38. The van der Waals surface area contributed by atoms with Crippen molar-refractivity contribution in [3.63, 3.8) is 0 Å². The Morgan fingerprint density at radius 1 is 1.33 bits per heavy atom. The van der Waals surface area contributed by atoms with Gasteiger partial charge in [-0.15, -0.1) is 0 Å². The number of amides is 1. The number of carbonyl (C=O) groups excluding carboxylic acids is 1. The highest BCUT2D eigenvalue weighted by Crippen LogP contribution is 2.35. The number of carbonyl (C=O) groups is 1. The fraction of sp³-hybridized carbons (Fsp3) is 0.941. The van der Waals surface area contributed by atoms with Crippen LogP contribution in [0.1, 0.15) is 66.2 Å². The van der Waals surface area contributed by atoms with E-state index in [-0.39, 0.29) is 23.8 Å². The van der Waals surface area contributed by atoms with Gasteiger partial charge in [0.05, 0.1) is 0 Å². The topological polar surface area (TPSA) is 64.3 Å². The smallest absolute Gasteiger partial charge is 0.407 e. The summed E-state index contributed by atoms with van der Waals surface area (Å²) in [5.74, 6) is 1.69. The molecule has 4 nitrogen and oxygen atoms in total. The van der Waals surface area contributed by atoms with E-state index in [4.69, 9.17) is 10.5 Å². The van der Waals surface area contributed by atoms with Crippen LogP contribution in [0.5, 0.6) is 0 Å². The summed E-state index contributed by atoms with van der Waals surface area (Å²) in [6.07, 6.45) is 6.17. The van der Waals surface area contributed by atoms with Gasteiger partial charge in [-0.05, 0) is 56.8 Å². The van der Waals surface area contributed by atoms with Crippen LogP contribution in [-0.2, 0) is 4.74 Å². The Hall–Kier alpha value is -0.770.